The summed E-state index contributed by atoms with van der Waals surface area (Å²) in [4.78, 5) is 41.4. The van der Waals surface area contributed by atoms with Gasteiger partial charge in [0.1, 0.15) is 11.8 Å². The van der Waals surface area contributed by atoms with E-state index in [-0.39, 0.29) is 41.9 Å². The first-order chi connectivity index (χ1) is 15.0. The molecule has 2 saturated carbocycles. The Morgan fingerprint density at radius 1 is 0.968 bits per heavy atom. The molecule has 31 heavy (non-hydrogen) atoms. The lowest BCUT2D eigenvalue weighted by atomic mass is 9.81. The summed E-state index contributed by atoms with van der Waals surface area (Å²) in [5, 5.41) is 0. The van der Waals surface area contributed by atoms with Gasteiger partial charge >= 0.3 is 5.97 Å². The van der Waals surface area contributed by atoms with Crippen molar-refractivity contribution in [2.45, 2.75) is 45.6 Å². The second-order valence-electron chi connectivity index (χ2n) is 9.26. The van der Waals surface area contributed by atoms with Crippen molar-refractivity contribution in [1.29, 1.82) is 0 Å². The predicted molar refractivity (Wildman–Crippen MR) is 115 cm³/mol. The Morgan fingerprint density at radius 2 is 1.61 bits per heavy atom. The van der Waals surface area contributed by atoms with E-state index in [1.807, 2.05) is 56.3 Å². The van der Waals surface area contributed by atoms with E-state index >= 15 is 0 Å². The van der Waals surface area contributed by atoms with Crippen LogP contribution in [0.3, 0.4) is 0 Å². The standard InChI is InChI=1S/C26H27NO4/c1-15-7-6-10-21(16(15)2)31-26(30)20(13-17-8-4-3-5-9-17)27-24(28)22-18-11-12-19(14-18)23(22)25(27)29/h3-10,18-20,22-23H,11-14H2,1-2H3/t18-,19+,20-,22-,23+/m1/s1. The van der Waals surface area contributed by atoms with Crippen LogP contribution in [0.1, 0.15) is 36.0 Å². The van der Waals surface area contributed by atoms with Crippen LogP contribution in [0.4, 0.5) is 0 Å². The molecule has 1 heterocycles. The van der Waals surface area contributed by atoms with Crippen molar-refractivity contribution in [2.24, 2.45) is 23.7 Å². The van der Waals surface area contributed by atoms with E-state index < -0.39 is 12.0 Å². The van der Waals surface area contributed by atoms with Crippen molar-refractivity contribution >= 4 is 17.8 Å². The highest BCUT2D eigenvalue weighted by molar-refractivity contribution is 6.08. The monoisotopic (exact) mass is 417 g/mol. The van der Waals surface area contributed by atoms with Gasteiger partial charge < -0.3 is 4.74 Å². The highest BCUT2D eigenvalue weighted by atomic mass is 16.5. The smallest absolute Gasteiger partial charge is 0.335 e. The van der Waals surface area contributed by atoms with Crippen LogP contribution in [0.15, 0.2) is 48.5 Å². The van der Waals surface area contributed by atoms with Crippen LogP contribution in [-0.2, 0) is 20.8 Å². The third kappa shape index (κ3) is 3.27. The minimum atomic E-state index is -0.952. The second kappa shape index (κ2) is 7.63. The molecule has 1 saturated heterocycles. The van der Waals surface area contributed by atoms with Crippen molar-refractivity contribution in [1.82, 2.24) is 4.90 Å². The molecule has 3 fully saturated rings. The van der Waals surface area contributed by atoms with Gasteiger partial charge in [0.05, 0.1) is 11.8 Å². The molecule has 0 aromatic heterocycles. The number of carbonyl (C=O) groups is 3. The molecule has 5 atom stereocenters. The van der Waals surface area contributed by atoms with Crippen LogP contribution in [0.25, 0.3) is 0 Å². The number of ether oxygens (including phenoxy) is 1. The first-order valence-corrected chi connectivity index (χ1v) is 11.1. The normalized spacial score (nSPS) is 27.5. The zero-order valence-electron chi connectivity index (χ0n) is 17.9. The van der Waals surface area contributed by atoms with Crippen molar-refractivity contribution in [3.63, 3.8) is 0 Å². The van der Waals surface area contributed by atoms with E-state index in [1.54, 1.807) is 6.07 Å². The molecular formula is C26H27NO4. The SMILES string of the molecule is Cc1cccc(OC(=O)[C@@H](Cc2ccccc2)N2C(=O)[C@@H]3[C@@H]4CC[C@@H](C4)[C@@H]3C2=O)c1C. The molecule has 160 valence electrons. The molecule has 1 aliphatic heterocycles. The van der Waals surface area contributed by atoms with Gasteiger partial charge in [0, 0.05) is 6.42 Å². The van der Waals surface area contributed by atoms with Crippen LogP contribution >= 0.6 is 0 Å². The summed E-state index contributed by atoms with van der Waals surface area (Å²) in [6.45, 7) is 3.86. The number of amides is 2. The maximum Gasteiger partial charge on any atom is 0.335 e. The summed E-state index contributed by atoms with van der Waals surface area (Å²) in [5.74, 6) is -0.375. The molecule has 2 amide bonds. The largest absolute Gasteiger partial charge is 0.425 e. The van der Waals surface area contributed by atoms with Gasteiger partial charge in [-0.3, -0.25) is 14.5 Å². The highest BCUT2D eigenvalue weighted by Gasteiger charge is 2.62. The van der Waals surface area contributed by atoms with Crippen LogP contribution in [0, 0.1) is 37.5 Å². The second-order valence-corrected chi connectivity index (χ2v) is 9.26. The Morgan fingerprint density at radius 3 is 2.26 bits per heavy atom. The molecule has 5 nitrogen and oxygen atoms in total. The van der Waals surface area contributed by atoms with Gasteiger partial charge in [0.25, 0.3) is 0 Å². The molecule has 3 aliphatic rings. The fourth-order valence-electron chi connectivity index (χ4n) is 5.87. The van der Waals surface area contributed by atoms with Gasteiger partial charge in [-0.15, -0.1) is 0 Å². The van der Waals surface area contributed by atoms with Crippen molar-refractivity contribution in [3.8, 4) is 5.75 Å². The fraction of sp³-hybridized carbons (Fsp3) is 0.423. The third-order valence-corrected chi connectivity index (χ3v) is 7.58. The number of benzene rings is 2. The van der Waals surface area contributed by atoms with Crippen LogP contribution in [-0.4, -0.2) is 28.7 Å². The molecule has 0 N–H and O–H groups in total. The molecule has 2 bridgehead atoms. The summed E-state index contributed by atoms with van der Waals surface area (Å²) in [5.41, 5.74) is 2.79. The maximum absolute atomic E-state index is 13.4. The van der Waals surface area contributed by atoms with E-state index in [2.05, 4.69) is 0 Å². The van der Waals surface area contributed by atoms with Gasteiger partial charge in [-0.2, -0.15) is 0 Å². The summed E-state index contributed by atoms with van der Waals surface area (Å²) in [6.07, 6.45) is 3.25. The lowest BCUT2D eigenvalue weighted by Gasteiger charge is -2.26. The summed E-state index contributed by atoms with van der Waals surface area (Å²) < 4.78 is 5.78. The molecule has 0 unspecified atom stereocenters. The minimum Gasteiger partial charge on any atom is -0.425 e. The average molecular weight is 418 g/mol. The number of carbonyl (C=O) groups excluding carboxylic acids is 3. The molecular weight excluding hydrogens is 390 g/mol. The number of likely N-dealkylation sites (tertiary alicyclic amines) is 1. The van der Waals surface area contributed by atoms with Gasteiger partial charge in [0.15, 0.2) is 0 Å². The lowest BCUT2D eigenvalue weighted by Crippen LogP contribution is -2.49. The Bertz CT molecular complexity index is 1020. The molecule has 5 rings (SSSR count). The van der Waals surface area contributed by atoms with Crippen LogP contribution in [0.5, 0.6) is 5.75 Å². The predicted octanol–water partition coefficient (Wildman–Crippen LogP) is 3.85. The van der Waals surface area contributed by atoms with E-state index in [1.165, 1.54) is 4.90 Å². The highest BCUT2D eigenvalue weighted by Crippen LogP contribution is 2.56. The van der Waals surface area contributed by atoms with E-state index in [9.17, 15) is 14.4 Å². The van der Waals surface area contributed by atoms with Gasteiger partial charge in [-0.1, -0.05) is 42.5 Å². The molecule has 2 aliphatic carbocycles. The van der Waals surface area contributed by atoms with Crippen LogP contribution in [0.2, 0.25) is 0 Å². The van der Waals surface area contributed by atoms with Crippen molar-refractivity contribution < 1.29 is 19.1 Å². The summed E-state index contributed by atoms with van der Waals surface area (Å²) in [7, 11) is 0. The van der Waals surface area contributed by atoms with Gasteiger partial charge in [-0.25, -0.2) is 4.79 Å². The van der Waals surface area contributed by atoms with Crippen molar-refractivity contribution in [2.75, 3.05) is 0 Å². The number of aryl methyl sites for hydroxylation is 1. The Balaban J connectivity index is 1.47. The molecule has 0 radical (unpaired) electrons. The number of hydrogen-bond acceptors (Lipinski definition) is 4. The number of fused-ring (bicyclic) bond motifs is 5. The topological polar surface area (TPSA) is 63.7 Å². The number of nitrogens with zero attached hydrogens (tertiary/aromatic N) is 1. The molecule has 5 heteroatoms. The number of esters is 1. The third-order valence-electron chi connectivity index (χ3n) is 7.58. The summed E-state index contributed by atoms with van der Waals surface area (Å²) >= 11 is 0. The maximum atomic E-state index is 13.4. The lowest BCUT2D eigenvalue weighted by molar-refractivity contribution is -0.154. The van der Waals surface area contributed by atoms with E-state index in [4.69, 9.17) is 4.74 Å². The Labute approximate surface area is 182 Å². The quantitative estimate of drug-likeness (QED) is 0.421. The number of hydrogen-bond donors (Lipinski definition) is 0. The Hall–Kier alpha value is -2.95. The molecule has 2 aromatic carbocycles. The first-order valence-electron chi connectivity index (χ1n) is 11.1. The minimum absolute atomic E-state index is 0.180. The average Bonchev–Trinajstić information content (AvgIpc) is 3.45. The fourth-order valence-corrected chi connectivity index (χ4v) is 5.87. The number of rotatable bonds is 5. The Kier molecular flexibility index (Phi) is 4.92. The van der Waals surface area contributed by atoms with Crippen molar-refractivity contribution in [3.05, 3.63) is 65.2 Å². The summed E-state index contributed by atoms with van der Waals surface area (Å²) in [6, 6.07) is 14.1. The zero-order chi connectivity index (χ0) is 21.7. The van der Waals surface area contributed by atoms with E-state index in [0.717, 1.165) is 36.0 Å². The molecule has 2 aromatic rings. The van der Waals surface area contributed by atoms with Gasteiger partial charge in [-0.05, 0) is 67.7 Å². The molecule has 0 spiro atoms. The zero-order valence-corrected chi connectivity index (χ0v) is 17.9. The van der Waals surface area contributed by atoms with Gasteiger partial charge in [0.2, 0.25) is 11.8 Å². The first kappa shape index (κ1) is 20.0. The number of imide groups is 1. The van der Waals surface area contributed by atoms with E-state index in [0.29, 0.717) is 5.75 Å². The van der Waals surface area contributed by atoms with Crippen LogP contribution < -0.4 is 4.74 Å².